The van der Waals surface area contributed by atoms with E-state index >= 15 is 0 Å². The summed E-state index contributed by atoms with van der Waals surface area (Å²) in [6, 6.07) is 12.9. The van der Waals surface area contributed by atoms with Gasteiger partial charge in [-0.1, -0.05) is 49.3 Å². The highest BCUT2D eigenvalue weighted by Crippen LogP contribution is 2.31. The fourth-order valence-corrected chi connectivity index (χ4v) is 4.27. The first-order valence-corrected chi connectivity index (χ1v) is 12.1. The molecule has 1 heterocycles. The maximum atomic E-state index is 12.5. The fourth-order valence-electron chi connectivity index (χ4n) is 3.29. The van der Waals surface area contributed by atoms with Gasteiger partial charge in [-0.05, 0) is 55.7 Å². The maximum absolute atomic E-state index is 12.5. The number of nitrogens with zero attached hydrogens (tertiary/aromatic N) is 3. The molecule has 0 spiro atoms. The zero-order valence-electron chi connectivity index (χ0n) is 19.5. The summed E-state index contributed by atoms with van der Waals surface area (Å²) < 4.78 is 13.5. The number of amides is 1. The van der Waals surface area contributed by atoms with Crippen molar-refractivity contribution in [2.45, 2.75) is 45.5 Å². The van der Waals surface area contributed by atoms with Gasteiger partial charge in [0.1, 0.15) is 0 Å². The van der Waals surface area contributed by atoms with Gasteiger partial charge in [-0.2, -0.15) is 0 Å². The smallest absolute Gasteiger partial charge is 0.234 e. The lowest BCUT2D eigenvalue weighted by molar-refractivity contribution is -0.113. The van der Waals surface area contributed by atoms with Crippen molar-refractivity contribution in [3.05, 3.63) is 58.9 Å². The molecule has 0 radical (unpaired) electrons. The summed E-state index contributed by atoms with van der Waals surface area (Å²) in [4.78, 5) is 12.5. The lowest BCUT2D eigenvalue weighted by Crippen LogP contribution is -2.17. The van der Waals surface area contributed by atoms with E-state index in [-0.39, 0.29) is 17.8 Å². The van der Waals surface area contributed by atoms with Crippen LogP contribution in [-0.2, 0) is 11.3 Å². The Morgan fingerprint density at radius 1 is 1.15 bits per heavy atom. The van der Waals surface area contributed by atoms with Crippen molar-refractivity contribution in [1.82, 2.24) is 14.8 Å². The van der Waals surface area contributed by atoms with Crippen molar-refractivity contribution in [3.63, 3.8) is 0 Å². The predicted molar refractivity (Wildman–Crippen MR) is 132 cm³/mol. The van der Waals surface area contributed by atoms with E-state index in [4.69, 9.17) is 21.1 Å². The summed E-state index contributed by atoms with van der Waals surface area (Å²) >= 11 is 7.35. The highest BCUT2D eigenvalue weighted by atomic mass is 35.5. The molecule has 1 unspecified atom stereocenters. The van der Waals surface area contributed by atoms with Crippen LogP contribution in [0.2, 0.25) is 5.02 Å². The van der Waals surface area contributed by atoms with E-state index in [0.29, 0.717) is 40.0 Å². The molecule has 7 nitrogen and oxygen atoms in total. The molecule has 0 fully saturated rings. The summed E-state index contributed by atoms with van der Waals surface area (Å²) in [6.45, 7) is 8.79. The SMILES string of the molecule is COc1ccccc1OC(C)c1nnc(SCC(=O)Nc2ccc(Cl)cc2C)n1CC(C)C. The number of halogens is 1. The lowest BCUT2D eigenvalue weighted by atomic mass is 10.2. The molecule has 1 amide bonds. The van der Waals surface area contributed by atoms with Gasteiger partial charge in [0.25, 0.3) is 0 Å². The monoisotopic (exact) mass is 488 g/mol. The number of aromatic nitrogens is 3. The Kier molecular flexibility index (Phi) is 8.63. The summed E-state index contributed by atoms with van der Waals surface area (Å²) in [6.07, 6.45) is -0.354. The number of ether oxygens (including phenoxy) is 2. The number of aryl methyl sites for hydroxylation is 1. The molecule has 9 heteroatoms. The van der Waals surface area contributed by atoms with E-state index in [0.717, 1.165) is 11.3 Å². The molecule has 176 valence electrons. The molecular weight excluding hydrogens is 460 g/mol. The van der Waals surface area contributed by atoms with E-state index in [1.807, 2.05) is 48.7 Å². The van der Waals surface area contributed by atoms with E-state index in [1.54, 1.807) is 19.2 Å². The Labute approximate surface area is 203 Å². The number of nitrogens with one attached hydrogen (secondary N) is 1. The topological polar surface area (TPSA) is 78.3 Å². The third-order valence-corrected chi connectivity index (χ3v) is 6.03. The van der Waals surface area contributed by atoms with E-state index < -0.39 is 0 Å². The van der Waals surface area contributed by atoms with Gasteiger partial charge in [-0.15, -0.1) is 10.2 Å². The second-order valence-corrected chi connectivity index (χ2v) is 9.43. The molecule has 33 heavy (non-hydrogen) atoms. The van der Waals surface area contributed by atoms with Gasteiger partial charge in [-0.3, -0.25) is 4.79 Å². The lowest BCUT2D eigenvalue weighted by Gasteiger charge is -2.19. The van der Waals surface area contributed by atoms with Crippen LogP contribution in [0.1, 0.15) is 38.3 Å². The summed E-state index contributed by atoms with van der Waals surface area (Å²) in [5, 5.41) is 13.0. The largest absolute Gasteiger partial charge is 0.493 e. The van der Waals surface area contributed by atoms with Crippen molar-refractivity contribution >= 4 is 35.0 Å². The molecule has 0 saturated carbocycles. The molecule has 0 aliphatic rings. The Morgan fingerprint density at radius 3 is 2.55 bits per heavy atom. The average Bonchev–Trinajstić information content (AvgIpc) is 3.16. The Hall–Kier alpha value is -2.71. The van der Waals surface area contributed by atoms with Gasteiger partial charge in [-0.25, -0.2) is 0 Å². The second-order valence-electron chi connectivity index (χ2n) is 8.05. The number of anilines is 1. The Bertz CT molecular complexity index is 1100. The molecular formula is C24H29ClN4O3S. The minimum atomic E-state index is -0.354. The van der Waals surface area contributed by atoms with Crippen molar-refractivity contribution < 1.29 is 14.3 Å². The number of hydrogen-bond donors (Lipinski definition) is 1. The standard InChI is InChI=1S/C24H29ClN4O3S/c1-15(2)13-29-23(17(4)32-21-9-7-6-8-20(21)31-5)27-28-24(29)33-14-22(30)26-19-11-10-18(25)12-16(19)3/h6-12,15,17H,13-14H2,1-5H3,(H,26,30). The molecule has 1 atom stereocenters. The van der Waals surface area contributed by atoms with E-state index in [1.165, 1.54) is 11.8 Å². The quantitative estimate of drug-likeness (QED) is 0.365. The number of thioether (sulfide) groups is 1. The highest BCUT2D eigenvalue weighted by Gasteiger charge is 2.22. The number of carbonyl (C=O) groups is 1. The third kappa shape index (κ3) is 6.65. The van der Waals surface area contributed by atoms with Crippen molar-refractivity contribution in [2.75, 3.05) is 18.2 Å². The van der Waals surface area contributed by atoms with Crippen LogP contribution in [0.15, 0.2) is 47.6 Å². The van der Waals surface area contributed by atoms with Gasteiger partial charge in [0.2, 0.25) is 5.91 Å². The van der Waals surface area contributed by atoms with Gasteiger partial charge >= 0.3 is 0 Å². The molecule has 0 aliphatic carbocycles. The van der Waals surface area contributed by atoms with Gasteiger partial charge in [0.05, 0.1) is 12.9 Å². The Morgan fingerprint density at radius 2 is 1.88 bits per heavy atom. The summed E-state index contributed by atoms with van der Waals surface area (Å²) in [7, 11) is 1.61. The first-order valence-electron chi connectivity index (χ1n) is 10.7. The van der Waals surface area contributed by atoms with Crippen LogP contribution < -0.4 is 14.8 Å². The molecule has 3 aromatic rings. The van der Waals surface area contributed by atoms with Crippen LogP contribution in [0, 0.1) is 12.8 Å². The van der Waals surface area contributed by atoms with E-state index in [2.05, 4.69) is 29.4 Å². The van der Waals surface area contributed by atoms with Crippen LogP contribution in [0.5, 0.6) is 11.5 Å². The van der Waals surface area contributed by atoms with E-state index in [9.17, 15) is 4.79 Å². The number of carbonyl (C=O) groups excluding carboxylic acids is 1. The minimum absolute atomic E-state index is 0.121. The van der Waals surface area contributed by atoms with Crippen molar-refractivity contribution in [2.24, 2.45) is 5.92 Å². The first kappa shape index (κ1) is 24.9. The normalized spacial score (nSPS) is 12.0. The van der Waals surface area contributed by atoms with Crippen LogP contribution in [-0.4, -0.2) is 33.5 Å². The van der Waals surface area contributed by atoms with Crippen LogP contribution in [0.4, 0.5) is 5.69 Å². The molecule has 0 aliphatic heterocycles. The number of hydrogen-bond acceptors (Lipinski definition) is 6. The van der Waals surface area contributed by atoms with Gasteiger partial charge < -0.3 is 19.4 Å². The number of benzene rings is 2. The molecule has 2 aromatic carbocycles. The fraction of sp³-hybridized carbons (Fsp3) is 0.375. The molecule has 0 bridgehead atoms. The summed E-state index contributed by atoms with van der Waals surface area (Å²) in [5.41, 5.74) is 1.65. The zero-order chi connectivity index (χ0) is 24.0. The van der Waals surface area contributed by atoms with Crippen LogP contribution in [0.25, 0.3) is 0 Å². The number of para-hydroxylation sites is 2. The third-order valence-electron chi connectivity index (χ3n) is 4.82. The van der Waals surface area contributed by atoms with Crippen molar-refractivity contribution in [1.29, 1.82) is 0 Å². The average molecular weight is 489 g/mol. The van der Waals surface area contributed by atoms with Gasteiger partial charge in [0.15, 0.2) is 28.6 Å². The van der Waals surface area contributed by atoms with Gasteiger partial charge in [0, 0.05) is 17.3 Å². The highest BCUT2D eigenvalue weighted by molar-refractivity contribution is 7.99. The molecule has 0 saturated heterocycles. The first-order chi connectivity index (χ1) is 15.8. The number of methoxy groups -OCH3 is 1. The van der Waals surface area contributed by atoms with Crippen LogP contribution >= 0.6 is 23.4 Å². The molecule has 1 aromatic heterocycles. The molecule has 3 rings (SSSR count). The number of rotatable bonds is 10. The predicted octanol–water partition coefficient (Wildman–Crippen LogP) is 5.78. The maximum Gasteiger partial charge on any atom is 0.234 e. The minimum Gasteiger partial charge on any atom is -0.493 e. The second kappa shape index (κ2) is 11.4. The van der Waals surface area contributed by atoms with Crippen molar-refractivity contribution in [3.8, 4) is 11.5 Å². The Balaban J connectivity index is 1.72. The van der Waals surface area contributed by atoms with Crippen LogP contribution in [0.3, 0.4) is 0 Å². The zero-order valence-corrected chi connectivity index (χ0v) is 21.0. The summed E-state index contributed by atoms with van der Waals surface area (Å²) in [5.74, 6) is 2.44. The molecule has 1 N–H and O–H groups in total.